The van der Waals surface area contributed by atoms with Crippen LogP contribution in [-0.4, -0.2) is 46.1 Å². The summed E-state index contributed by atoms with van der Waals surface area (Å²) in [5.74, 6) is 0.836. The fourth-order valence-electron chi connectivity index (χ4n) is 1.81. The highest BCUT2D eigenvalue weighted by molar-refractivity contribution is 8.00. The van der Waals surface area contributed by atoms with Gasteiger partial charge in [-0.2, -0.15) is 0 Å². The van der Waals surface area contributed by atoms with Gasteiger partial charge in [0.05, 0.1) is 6.54 Å². The zero-order valence-corrected chi connectivity index (χ0v) is 13.0. The van der Waals surface area contributed by atoms with Gasteiger partial charge in [-0.15, -0.1) is 21.5 Å². The van der Waals surface area contributed by atoms with E-state index < -0.39 is 6.23 Å². The molecule has 0 spiro atoms. The number of thioether (sulfide) groups is 1. The molecule has 1 fully saturated rings. The van der Waals surface area contributed by atoms with Crippen LogP contribution < -0.4 is 4.90 Å². The molecule has 1 unspecified atom stereocenters. The van der Waals surface area contributed by atoms with Crippen LogP contribution in [0.4, 0.5) is 9.93 Å². The van der Waals surface area contributed by atoms with Crippen molar-refractivity contribution in [1.29, 1.82) is 0 Å². The van der Waals surface area contributed by atoms with Crippen LogP contribution in [0.15, 0.2) is 21.9 Å². The van der Waals surface area contributed by atoms with Crippen molar-refractivity contribution < 1.29 is 9.90 Å². The zero-order valence-electron chi connectivity index (χ0n) is 10.6. The minimum absolute atomic E-state index is 0.247. The van der Waals surface area contributed by atoms with Gasteiger partial charge in [-0.05, 0) is 11.4 Å². The van der Waals surface area contributed by atoms with Crippen LogP contribution in [-0.2, 0) is 5.75 Å². The average molecular weight is 328 g/mol. The highest BCUT2D eigenvalue weighted by Gasteiger charge is 2.37. The van der Waals surface area contributed by atoms with E-state index >= 15 is 0 Å². The SMILES string of the molecule is CN1CC(O)N(c2nnc(SCc3cccs3)s2)C1=O. The molecular formula is C11H12N4O2S3. The second-order valence-corrected chi connectivity index (χ2v) is 7.44. The molecule has 3 rings (SSSR count). The Kier molecular flexibility index (Phi) is 3.92. The first-order valence-electron chi connectivity index (χ1n) is 5.86. The molecule has 1 saturated heterocycles. The molecule has 2 aromatic rings. The number of urea groups is 1. The third kappa shape index (κ3) is 2.66. The Morgan fingerprint density at radius 3 is 3.05 bits per heavy atom. The van der Waals surface area contributed by atoms with Crippen molar-refractivity contribution >= 4 is 45.6 Å². The van der Waals surface area contributed by atoms with Crippen molar-refractivity contribution in [2.24, 2.45) is 0 Å². The fraction of sp³-hybridized carbons (Fsp3) is 0.364. The number of rotatable bonds is 4. The van der Waals surface area contributed by atoms with E-state index in [0.717, 1.165) is 10.1 Å². The van der Waals surface area contributed by atoms with Crippen LogP contribution in [0.25, 0.3) is 0 Å². The summed E-state index contributed by atoms with van der Waals surface area (Å²) in [5, 5.41) is 20.4. The van der Waals surface area contributed by atoms with E-state index in [1.54, 1.807) is 30.1 Å². The molecule has 0 aromatic carbocycles. The number of likely N-dealkylation sites (N-methyl/N-ethyl adjacent to an activating group) is 1. The van der Waals surface area contributed by atoms with Crippen molar-refractivity contribution in [1.82, 2.24) is 15.1 Å². The van der Waals surface area contributed by atoms with Gasteiger partial charge in [0, 0.05) is 17.7 Å². The van der Waals surface area contributed by atoms with E-state index in [1.807, 2.05) is 11.4 Å². The van der Waals surface area contributed by atoms with Crippen LogP contribution in [0.3, 0.4) is 0 Å². The van der Waals surface area contributed by atoms with Gasteiger partial charge in [-0.25, -0.2) is 9.69 Å². The Labute approximate surface area is 128 Å². The maximum absolute atomic E-state index is 11.9. The molecule has 0 aliphatic carbocycles. The number of anilines is 1. The Hall–Kier alpha value is -1.16. The van der Waals surface area contributed by atoms with E-state index in [9.17, 15) is 9.90 Å². The molecule has 0 radical (unpaired) electrons. The summed E-state index contributed by atoms with van der Waals surface area (Å²) in [6.45, 7) is 0.288. The van der Waals surface area contributed by atoms with Crippen molar-refractivity contribution in [3.63, 3.8) is 0 Å². The quantitative estimate of drug-likeness (QED) is 0.687. The minimum atomic E-state index is -0.851. The lowest BCUT2D eigenvalue weighted by molar-refractivity contribution is 0.183. The van der Waals surface area contributed by atoms with Crippen LogP contribution in [0.2, 0.25) is 0 Å². The normalized spacial score (nSPS) is 19.1. The number of aliphatic hydroxyl groups excluding tert-OH is 1. The molecule has 9 heteroatoms. The summed E-state index contributed by atoms with van der Waals surface area (Å²) in [6, 6.07) is 3.84. The van der Waals surface area contributed by atoms with Crippen molar-refractivity contribution in [3.05, 3.63) is 22.4 Å². The largest absolute Gasteiger partial charge is 0.371 e. The number of hydrogen-bond donors (Lipinski definition) is 1. The Morgan fingerprint density at radius 2 is 2.40 bits per heavy atom. The lowest BCUT2D eigenvalue weighted by Gasteiger charge is -2.14. The van der Waals surface area contributed by atoms with Gasteiger partial charge >= 0.3 is 6.03 Å². The summed E-state index contributed by atoms with van der Waals surface area (Å²) in [7, 11) is 1.65. The molecular weight excluding hydrogens is 316 g/mol. The van der Waals surface area contributed by atoms with E-state index in [1.165, 1.54) is 26.0 Å². The summed E-state index contributed by atoms with van der Waals surface area (Å²) >= 11 is 4.61. The third-order valence-electron chi connectivity index (χ3n) is 2.79. The summed E-state index contributed by atoms with van der Waals surface area (Å²) in [4.78, 5) is 15.9. The van der Waals surface area contributed by atoms with Crippen molar-refractivity contribution in [2.45, 2.75) is 16.3 Å². The Morgan fingerprint density at radius 1 is 1.55 bits per heavy atom. The minimum Gasteiger partial charge on any atom is -0.371 e. The number of amides is 2. The predicted octanol–water partition coefficient (Wildman–Crippen LogP) is 2.08. The van der Waals surface area contributed by atoms with E-state index in [0.29, 0.717) is 5.13 Å². The van der Waals surface area contributed by atoms with Gasteiger partial charge in [0.25, 0.3) is 0 Å². The van der Waals surface area contributed by atoms with Crippen LogP contribution in [0.5, 0.6) is 0 Å². The maximum atomic E-state index is 11.9. The van der Waals surface area contributed by atoms with Crippen LogP contribution in [0, 0.1) is 0 Å². The van der Waals surface area contributed by atoms with Crippen LogP contribution >= 0.6 is 34.4 Å². The first kappa shape index (κ1) is 13.8. The fourth-order valence-corrected chi connectivity index (χ4v) is 4.46. The molecule has 2 aromatic heterocycles. The molecule has 1 atom stereocenters. The highest BCUT2D eigenvalue weighted by atomic mass is 32.2. The number of β-amino-alcohol motifs (C(OH)–C–C–N with tert-alkyl or cyclic N) is 1. The van der Waals surface area contributed by atoms with Gasteiger partial charge < -0.3 is 10.0 Å². The third-order valence-corrected chi connectivity index (χ3v) is 5.95. The maximum Gasteiger partial charge on any atom is 0.328 e. The predicted molar refractivity (Wildman–Crippen MR) is 80.3 cm³/mol. The second kappa shape index (κ2) is 5.68. The number of nitrogens with zero attached hydrogens (tertiary/aromatic N) is 4. The molecule has 0 bridgehead atoms. The Balaban J connectivity index is 1.69. The topological polar surface area (TPSA) is 69.6 Å². The number of aliphatic hydroxyl groups is 1. The van der Waals surface area contributed by atoms with Gasteiger partial charge in [-0.3, -0.25) is 0 Å². The van der Waals surface area contributed by atoms with E-state index in [4.69, 9.17) is 0 Å². The van der Waals surface area contributed by atoms with Crippen molar-refractivity contribution in [2.75, 3.05) is 18.5 Å². The molecule has 1 aliphatic rings. The Bertz CT molecular complexity index is 601. The number of carbonyl (C=O) groups excluding carboxylic acids is 1. The van der Waals surface area contributed by atoms with Gasteiger partial charge in [0.2, 0.25) is 5.13 Å². The molecule has 6 nitrogen and oxygen atoms in total. The molecule has 1 aliphatic heterocycles. The number of hydrogen-bond acceptors (Lipinski definition) is 7. The molecule has 1 N–H and O–H groups in total. The summed E-state index contributed by atoms with van der Waals surface area (Å²) in [5.41, 5.74) is 0. The van der Waals surface area contributed by atoms with Gasteiger partial charge in [-0.1, -0.05) is 29.2 Å². The van der Waals surface area contributed by atoms with E-state index in [2.05, 4.69) is 16.3 Å². The van der Waals surface area contributed by atoms with E-state index in [-0.39, 0.29) is 12.6 Å². The second-order valence-electron chi connectivity index (χ2n) is 4.23. The van der Waals surface area contributed by atoms with Crippen LogP contribution in [0.1, 0.15) is 4.88 Å². The molecule has 20 heavy (non-hydrogen) atoms. The summed E-state index contributed by atoms with van der Waals surface area (Å²) < 4.78 is 0.794. The zero-order chi connectivity index (χ0) is 14.1. The average Bonchev–Trinajstić information content (AvgIpc) is 3.11. The van der Waals surface area contributed by atoms with Gasteiger partial charge in [0.15, 0.2) is 10.6 Å². The van der Waals surface area contributed by atoms with Crippen molar-refractivity contribution in [3.8, 4) is 0 Å². The summed E-state index contributed by atoms with van der Waals surface area (Å²) in [6.07, 6.45) is -0.851. The smallest absolute Gasteiger partial charge is 0.328 e. The lowest BCUT2D eigenvalue weighted by Crippen LogP contribution is -2.34. The standard InChI is InChI=1S/C11H12N4O2S3/c1-14-5-8(16)15(11(14)17)9-12-13-10(20-9)19-6-7-3-2-4-18-7/h2-4,8,16H,5-6H2,1H3. The first-order valence-corrected chi connectivity index (χ1v) is 8.54. The van der Waals surface area contributed by atoms with Gasteiger partial charge in [0.1, 0.15) is 0 Å². The number of carbonyl (C=O) groups is 1. The highest BCUT2D eigenvalue weighted by Crippen LogP contribution is 2.33. The molecule has 0 saturated carbocycles. The lowest BCUT2D eigenvalue weighted by atomic mass is 10.5. The first-order chi connectivity index (χ1) is 9.65. The molecule has 3 heterocycles. The number of aromatic nitrogens is 2. The molecule has 2 amide bonds. The monoisotopic (exact) mass is 328 g/mol. The molecule has 106 valence electrons. The number of thiophene rings is 1.